The highest BCUT2D eigenvalue weighted by Crippen LogP contribution is 2.16. The number of hydrogen-bond acceptors (Lipinski definition) is 2. The Hall–Kier alpha value is -1.84. The molecule has 0 saturated heterocycles. The molecule has 2 rings (SSSR count). The van der Waals surface area contributed by atoms with E-state index in [-0.39, 0.29) is 18.3 Å². The van der Waals surface area contributed by atoms with Crippen LogP contribution in [0.3, 0.4) is 0 Å². The molecule has 3 nitrogen and oxygen atoms in total. The molecule has 0 aliphatic heterocycles. The lowest BCUT2D eigenvalue weighted by molar-refractivity contribution is -0.143. The standard InChI is InChI=1S/C12H12FNO2/c1-2-16-12(15)8-14-6-5-9-3-4-10(13)7-11(9)14/h3-7H,2,8H2,1H3. The summed E-state index contributed by atoms with van der Waals surface area (Å²) >= 11 is 0. The van der Waals surface area contributed by atoms with Crippen molar-refractivity contribution in [2.45, 2.75) is 13.5 Å². The van der Waals surface area contributed by atoms with Gasteiger partial charge in [0.1, 0.15) is 12.4 Å². The molecule has 16 heavy (non-hydrogen) atoms. The van der Waals surface area contributed by atoms with Gasteiger partial charge in [-0.1, -0.05) is 0 Å². The third kappa shape index (κ3) is 2.05. The Kier molecular flexibility index (Phi) is 2.90. The summed E-state index contributed by atoms with van der Waals surface area (Å²) in [6, 6.07) is 6.34. The van der Waals surface area contributed by atoms with Gasteiger partial charge in [0.15, 0.2) is 0 Å². The summed E-state index contributed by atoms with van der Waals surface area (Å²) in [6.07, 6.45) is 1.75. The van der Waals surface area contributed by atoms with E-state index >= 15 is 0 Å². The van der Waals surface area contributed by atoms with Gasteiger partial charge in [0.2, 0.25) is 0 Å². The maximum atomic E-state index is 13.1. The minimum Gasteiger partial charge on any atom is -0.465 e. The molecular weight excluding hydrogens is 209 g/mol. The lowest BCUT2D eigenvalue weighted by atomic mass is 10.2. The van der Waals surface area contributed by atoms with Crippen molar-refractivity contribution in [2.24, 2.45) is 0 Å². The topological polar surface area (TPSA) is 31.2 Å². The molecule has 4 heteroatoms. The van der Waals surface area contributed by atoms with Gasteiger partial charge in [-0.05, 0) is 36.6 Å². The van der Waals surface area contributed by atoms with Gasteiger partial charge in [-0.15, -0.1) is 0 Å². The number of benzene rings is 1. The van der Waals surface area contributed by atoms with Gasteiger partial charge in [0.05, 0.1) is 12.1 Å². The van der Waals surface area contributed by atoms with Crippen LogP contribution in [0.2, 0.25) is 0 Å². The minimum absolute atomic E-state index is 0.112. The minimum atomic E-state index is -0.315. The van der Waals surface area contributed by atoms with E-state index < -0.39 is 0 Å². The van der Waals surface area contributed by atoms with Crippen LogP contribution < -0.4 is 0 Å². The van der Waals surface area contributed by atoms with Crippen molar-refractivity contribution in [1.29, 1.82) is 0 Å². The van der Waals surface area contributed by atoms with Crippen LogP contribution in [0.25, 0.3) is 10.9 Å². The number of rotatable bonds is 3. The second-order valence-electron chi connectivity index (χ2n) is 3.45. The average Bonchev–Trinajstić information content (AvgIpc) is 2.61. The Bertz CT molecular complexity index is 519. The summed E-state index contributed by atoms with van der Waals surface area (Å²) < 4.78 is 19.6. The molecule has 0 fully saturated rings. The number of carbonyl (C=O) groups excluding carboxylic acids is 1. The van der Waals surface area contributed by atoms with Crippen LogP contribution in [0.15, 0.2) is 30.5 Å². The summed E-state index contributed by atoms with van der Waals surface area (Å²) in [5, 5.41) is 0.908. The van der Waals surface area contributed by atoms with Crippen LogP contribution in [0.1, 0.15) is 6.92 Å². The van der Waals surface area contributed by atoms with Crippen molar-refractivity contribution < 1.29 is 13.9 Å². The highest BCUT2D eigenvalue weighted by Gasteiger charge is 2.07. The third-order valence-electron chi connectivity index (χ3n) is 2.34. The van der Waals surface area contributed by atoms with Crippen molar-refractivity contribution in [3.63, 3.8) is 0 Å². The molecule has 1 heterocycles. The number of esters is 1. The fourth-order valence-electron chi connectivity index (χ4n) is 1.64. The highest BCUT2D eigenvalue weighted by molar-refractivity contribution is 5.82. The van der Waals surface area contributed by atoms with Gasteiger partial charge < -0.3 is 9.30 Å². The number of carbonyl (C=O) groups is 1. The van der Waals surface area contributed by atoms with Crippen LogP contribution >= 0.6 is 0 Å². The molecule has 1 aromatic carbocycles. The molecule has 0 aliphatic carbocycles. The Morgan fingerprint density at radius 3 is 3.00 bits per heavy atom. The smallest absolute Gasteiger partial charge is 0.325 e. The largest absolute Gasteiger partial charge is 0.465 e. The van der Waals surface area contributed by atoms with Crippen molar-refractivity contribution in [3.05, 3.63) is 36.3 Å². The van der Waals surface area contributed by atoms with Gasteiger partial charge in [-0.25, -0.2) is 4.39 Å². The van der Waals surface area contributed by atoms with Crippen LogP contribution in [-0.4, -0.2) is 17.1 Å². The highest BCUT2D eigenvalue weighted by atomic mass is 19.1. The molecule has 0 radical (unpaired) electrons. The second kappa shape index (κ2) is 4.35. The van der Waals surface area contributed by atoms with Gasteiger partial charge >= 0.3 is 5.97 Å². The maximum absolute atomic E-state index is 13.1. The van der Waals surface area contributed by atoms with Gasteiger partial charge in [0.25, 0.3) is 0 Å². The van der Waals surface area contributed by atoms with Crippen LogP contribution in [0.5, 0.6) is 0 Å². The van der Waals surface area contributed by atoms with Crippen molar-refractivity contribution in [2.75, 3.05) is 6.61 Å². The number of hydrogen-bond donors (Lipinski definition) is 0. The number of nitrogens with zero attached hydrogens (tertiary/aromatic N) is 1. The fraction of sp³-hybridized carbons (Fsp3) is 0.250. The monoisotopic (exact) mass is 221 g/mol. The first-order valence-corrected chi connectivity index (χ1v) is 5.10. The Morgan fingerprint density at radius 2 is 2.25 bits per heavy atom. The average molecular weight is 221 g/mol. The van der Waals surface area contributed by atoms with E-state index in [9.17, 15) is 9.18 Å². The predicted octanol–water partition coefficient (Wildman–Crippen LogP) is 2.34. The van der Waals surface area contributed by atoms with Crippen molar-refractivity contribution >= 4 is 16.9 Å². The summed E-state index contributed by atoms with van der Waals surface area (Å²) in [6.45, 7) is 2.22. The molecule has 0 atom stereocenters. The van der Waals surface area contributed by atoms with Crippen LogP contribution in [0, 0.1) is 5.82 Å². The lowest BCUT2D eigenvalue weighted by Crippen LogP contribution is -2.12. The number of ether oxygens (including phenoxy) is 1. The second-order valence-corrected chi connectivity index (χ2v) is 3.45. The normalized spacial score (nSPS) is 10.6. The summed E-state index contributed by atoms with van der Waals surface area (Å²) in [7, 11) is 0. The van der Waals surface area contributed by atoms with Gasteiger partial charge in [-0.2, -0.15) is 0 Å². The molecule has 0 amide bonds. The number of aromatic nitrogens is 1. The third-order valence-corrected chi connectivity index (χ3v) is 2.34. The molecule has 0 saturated carbocycles. The molecule has 84 valence electrons. The molecule has 1 aromatic heterocycles. The van der Waals surface area contributed by atoms with E-state index in [1.54, 1.807) is 23.8 Å². The molecule has 0 bridgehead atoms. The maximum Gasteiger partial charge on any atom is 0.325 e. The van der Waals surface area contributed by atoms with E-state index in [2.05, 4.69) is 0 Å². The van der Waals surface area contributed by atoms with Gasteiger partial charge in [-0.3, -0.25) is 4.79 Å². The number of fused-ring (bicyclic) bond motifs is 1. The summed E-state index contributed by atoms with van der Waals surface area (Å²) in [5.74, 6) is -0.624. The first kappa shape index (κ1) is 10.7. The van der Waals surface area contributed by atoms with E-state index in [0.717, 1.165) is 5.39 Å². The van der Waals surface area contributed by atoms with Crippen LogP contribution in [0.4, 0.5) is 4.39 Å². The Labute approximate surface area is 92.4 Å². The van der Waals surface area contributed by atoms with E-state index in [4.69, 9.17) is 4.74 Å². The van der Waals surface area contributed by atoms with E-state index in [0.29, 0.717) is 12.1 Å². The zero-order valence-electron chi connectivity index (χ0n) is 8.94. The molecule has 2 aromatic rings. The first-order valence-electron chi connectivity index (χ1n) is 5.10. The Balaban J connectivity index is 2.30. The lowest BCUT2D eigenvalue weighted by Gasteiger charge is -2.04. The SMILES string of the molecule is CCOC(=O)Cn1ccc2ccc(F)cc21. The number of halogens is 1. The first-order chi connectivity index (χ1) is 7.70. The Morgan fingerprint density at radius 1 is 1.44 bits per heavy atom. The summed E-state index contributed by atoms with van der Waals surface area (Å²) in [5.41, 5.74) is 0.702. The molecular formula is C12H12FNO2. The molecule has 0 N–H and O–H groups in total. The van der Waals surface area contributed by atoms with Crippen molar-refractivity contribution in [3.8, 4) is 0 Å². The van der Waals surface area contributed by atoms with Crippen LogP contribution in [-0.2, 0) is 16.1 Å². The zero-order chi connectivity index (χ0) is 11.5. The zero-order valence-corrected chi connectivity index (χ0v) is 8.94. The fourth-order valence-corrected chi connectivity index (χ4v) is 1.64. The quantitative estimate of drug-likeness (QED) is 0.745. The molecule has 0 aliphatic rings. The molecule has 0 unspecified atom stereocenters. The van der Waals surface area contributed by atoms with E-state index in [1.807, 2.05) is 6.07 Å². The van der Waals surface area contributed by atoms with Gasteiger partial charge in [0, 0.05) is 6.20 Å². The molecule has 0 spiro atoms. The van der Waals surface area contributed by atoms with Crippen molar-refractivity contribution in [1.82, 2.24) is 4.57 Å². The predicted molar refractivity (Wildman–Crippen MR) is 58.5 cm³/mol. The van der Waals surface area contributed by atoms with E-state index in [1.165, 1.54) is 12.1 Å². The summed E-state index contributed by atoms with van der Waals surface area (Å²) in [4.78, 5) is 11.3.